The maximum atomic E-state index is 12.6. The first-order valence-electron chi connectivity index (χ1n) is 13.4. The fourth-order valence-corrected chi connectivity index (χ4v) is 4.99. The van der Waals surface area contributed by atoms with Crippen LogP contribution in [0.1, 0.15) is 36.6 Å². The molecule has 1 atom stereocenters. The van der Waals surface area contributed by atoms with Gasteiger partial charge in [0.25, 0.3) is 5.91 Å². The molecule has 3 aromatic rings. The van der Waals surface area contributed by atoms with E-state index < -0.39 is 23.9 Å². The van der Waals surface area contributed by atoms with E-state index >= 15 is 0 Å². The molecule has 1 aliphatic heterocycles. The van der Waals surface area contributed by atoms with Gasteiger partial charge in [-0.05, 0) is 90.0 Å². The molecule has 0 bridgehead atoms. The molecule has 0 saturated carbocycles. The molecule has 3 amide bonds. The largest absolute Gasteiger partial charge is 0.493 e. The van der Waals surface area contributed by atoms with Crippen molar-refractivity contribution in [1.29, 1.82) is 0 Å². The Morgan fingerprint density at radius 1 is 1.05 bits per heavy atom. The highest BCUT2D eigenvalue weighted by Crippen LogP contribution is 2.34. The third-order valence-electron chi connectivity index (χ3n) is 6.32. The topological polar surface area (TPSA) is 137 Å². The van der Waals surface area contributed by atoms with Crippen molar-refractivity contribution in [2.75, 3.05) is 20.3 Å². The van der Waals surface area contributed by atoms with Crippen LogP contribution in [0, 0.1) is 3.57 Å². The number of nitrogens with zero attached hydrogens (tertiary/aromatic N) is 1. The molecule has 4 rings (SSSR count). The van der Waals surface area contributed by atoms with Gasteiger partial charge in [0.2, 0.25) is 0 Å². The molecule has 0 aromatic heterocycles. The van der Waals surface area contributed by atoms with E-state index in [1.54, 1.807) is 32.0 Å². The van der Waals surface area contributed by atoms with E-state index in [9.17, 15) is 14.4 Å². The second kappa shape index (κ2) is 15.6. The predicted octanol–water partition coefficient (Wildman–Crippen LogP) is 5.36. The second-order valence-corrected chi connectivity index (χ2v) is 11.5. The van der Waals surface area contributed by atoms with Crippen molar-refractivity contribution in [3.8, 4) is 17.2 Å². The highest BCUT2D eigenvalue weighted by atomic mass is 127. The number of hydrogen-bond donors (Lipinski definition) is 3. The van der Waals surface area contributed by atoms with Crippen molar-refractivity contribution in [3.63, 3.8) is 0 Å². The number of allylic oxidation sites excluding steroid dienone is 1. The average molecular weight is 777 g/mol. The number of carbonyl (C=O) groups is 3. The first-order valence-corrected chi connectivity index (χ1v) is 15.3. The summed E-state index contributed by atoms with van der Waals surface area (Å²) in [6.45, 7) is 3.55. The molecule has 3 aromatic carbocycles. The van der Waals surface area contributed by atoms with E-state index in [0.29, 0.717) is 34.9 Å². The number of esters is 1. The van der Waals surface area contributed by atoms with Crippen LogP contribution < -0.4 is 30.3 Å². The summed E-state index contributed by atoms with van der Waals surface area (Å²) < 4.78 is 24.3. The number of hydrazone groups is 1. The second-order valence-electron chi connectivity index (χ2n) is 9.38. The lowest BCUT2D eigenvalue weighted by Gasteiger charge is -2.28. The molecule has 13 heteroatoms. The van der Waals surface area contributed by atoms with Gasteiger partial charge in [-0.15, -0.1) is 0 Å². The Labute approximate surface area is 276 Å². The van der Waals surface area contributed by atoms with Crippen LogP contribution in [0.2, 0.25) is 0 Å². The molecule has 0 saturated heterocycles. The molecule has 0 aliphatic carbocycles. The highest BCUT2D eigenvalue weighted by Gasteiger charge is 2.32. The van der Waals surface area contributed by atoms with Gasteiger partial charge in [0.05, 0.1) is 31.5 Å². The van der Waals surface area contributed by atoms with Gasteiger partial charge in [0.1, 0.15) is 12.4 Å². The van der Waals surface area contributed by atoms with Crippen LogP contribution in [0.3, 0.4) is 0 Å². The summed E-state index contributed by atoms with van der Waals surface area (Å²) in [7, 11) is 1.45. The van der Waals surface area contributed by atoms with Crippen molar-refractivity contribution in [3.05, 3.63) is 96.7 Å². The Morgan fingerprint density at radius 2 is 1.80 bits per heavy atom. The maximum absolute atomic E-state index is 12.6. The summed E-state index contributed by atoms with van der Waals surface area (Å²) in [6.07, 6.45) is 1.49. The summed E-state index contributed by atoms with van der Waals surface area (Å²) >= 11 is 5.70. The van der Waals surface area contributed by atoms with Crippen LogP contribution >= 0.6 is 38.5 Å². The lowest BCUT2D eigenvalue weighted by Crippen LogP contribution is -2.45. The summed E-state index contributed by atoms with van der Waals surface area (Å²) in [5.41, 5.74) is 5.37. The standard InChI is InChI=1S/C31H30BrIN4O7/c1-4-42-30(39)28-18(2)35-31(40)36-29(28)20-7-11-25(26(14-20)41-3)44-17-27(38)37-34-15-21-13-22(32)8-12-24(21)43-16-19-5-9-23(33)10-6-19/h5-15,29H,4,16-17H2,1-3H3,(H,37,38)(H2,35,36,40)/b34-15-/t29-/m1/s1. The van der Waals surface area contributed by atoms with Gasteiger partial charge in [-0.1, -0.05) is 34.1 Å². The third-order valence-corrected chi connectivity index (χ3v) is 7.53. The van der Waals surface area contributed by atoms with Crippen molar-refractivity contribution >= 4 is 62.6 Å². The minimum Gasteiger partial charge on any atom is -0.493 e. The number of nitrogens with one attached hydrogen (secondary N) is 3. The minimum atomic E-state index is -0.771. The number of ether oxygens (including phenoxy) is 4. The van der Waals surface area contributed by atoms with E-state index in [0.717, 1.165) is 13.6 Å². The molecule has 1 aliphatic rings. The Kier molecular flexibility index (Phi) is 11.6. The van der Waals surface area contributed by atoms with Gasteiger partial charge >= 0.3 is 12.0 Å². The van der Waals surface area contributed by atoms with Gasteiger partial charge in [0, 0.05) is 19.3 Å². The van der Waals surface area contributed by atoms with Crippen LogP contribution in [0.5, 0.6) is 17.2 Å². The van der Waals surface area contributed by atoms with Gasteiger partial charge in [-0.2, -0.15) is 5.10 Å². The number of amides is 3. The molecule has 0 spiro atoms. The normalized spacial score (nSPS) is 14.5. The summed E-state index contributed by atoms with van der Waals surface area (Å²) in [4.78, 5) is 37.3. The zero-order valence-corrected chi connectivity index (χ0v) is 27.9. The minimum absolute atomic E-state index is 0.185. The SMILES string of the molecule is CCOC(=O)C1=C(C)NC(=O)N[C@@H]1c1ccc(OCC(=O)N/N=C\c2cc(Br)ccc2OCc2ccc(I)cc2)c(OC)c1. The van der Waals surface area contributed by atoms with Gasteiger partial charge in [0.15, 0.2) is 18.1 Å². The Bertz CT molecular complexity index is 1590. The monoisotopic (exact) mass is 776 g/mol. The Hall–Kier alpha value is -4.11. The smallest absolute Gasteiger partial charge is 0.338 e. The molecular weight excluding hydrogens is 747 g/mol. The van der Waals surface area contributed by atoms with Crippen LogP contribution in [-0.4, -0.2) is 44.4 Å². The Morgan fingerprint density at radius 3 is 2.52 bits per heavy atom. The predicted molar refractivity (Wildman–Crippen MR) is 176 cm³/mol. The van der Waals surface area contributed by atoms with Crippen LogP contribution in [-0.2, 0) is 20.9 Å². The first-order chi connectivity index (χ1) is 21.2. The molecule has 0 radical (unpaired) electrons. The van der Waals surface area contributed by atoms with Crippen LogP contribution in [0.25, 0.3) is 0 Å². The molecule has 0 fully saturated rings. The van der Waals surface area contributed by atoms with Crippen molar-refractivity contribution < 1.29 is 33.3 Å². The fourth-order valence-electron chi connectivity index (χ4n) is 4.25. The van der Waals surface area contributed by atoms with E-state index in [-0.39, 0.29) is 24.5 Å². The van der Waals surface area contributed by atoms with Crippen molar-refractivity contribution in [1.82, 2.24) is 16.1 Å². The number of benzene rings is 3. The number of methoxy groups -OCH3 is 1. The Balaban J connectivity index is 1.39. The van der Waals surface area contributed by atoms with E-state index in [1.807, 2.05) is 42.5 Å². The number of carbonyl (C=O) groups excluding carboxylic acids is 3. The zero-order valence-electron chi connectivity index (χ0n) is 24.1. The van der Waals surface area contributed by atoms with Crippen LogP contribution in [0.4, 0.5) is 4.79 Å². The molecular formula is C31H30BrIN4O7. The first kappa shape index (κ1) is 32.8. The lowest BCUT2D eigenvalue weighted by molar-refractivity contribution is -0.139. The molecule has 0 unspecified atom stereocenters. The average Bonchev–Trinajstić information content (AvgIpc) is 3.00. The number of halogens is 2. The highest BCUT2D eigenvalue weighted by molar-refractivity contribution is 14.1. The molecule has 11 nitrogen and oxygen atoms in total. The zero-order chi connectivity index (χ0) is 31.6. The van der Waals surface area contributed by atoms with Gasteiger partial charge in [-0.3, -0.25) is 4.79 Å². The number of hydrogen-bond acceptors (Lipinski definition) is 8. The van der Waals surface area contributed by atoms with Gasteiger partial charge in [-0.25, -0.2) is 15.0 Å². The molecule has 230 valence electrons. The number of urea groups is 1. The number of rotatable bonds is 12. The molecule has 1 heterocycles. The lowest BCUT2D eigenvalue weighted by atomic mass is 9.95. The molecule has 3 N–H and O–H groups in total. The van der Waals surface area contributed by atoms with E-state index in [4.69, 9.17) is 18.9 Å². The van der Waals surface area contributed by atoms with Crippen molar-refractivity contribution in [2.24, 2.45) is 5.10 Å². The van der Waals surface area contributed by atoms with Crippen LogP contribution in [0.15, 0.2) is 81.5 Å². The maximum Gasteiger partial charge on any atom is 0.338 e. The van der Waals surface area contributed by atoms with E-state index in [1.165, 1.54) is 13.3 Å². The summed E-state index contributed by atoms with van der Waals surface area (Å²) in [5.74, 6) is 0.139. The third kappa shape index (κ3) is 8.72. The summed E-state index contributed by atoms with van der Waals surface area (Å²) in [6, 6.07) is 17.2. The van der Waals surface area contributed by atoms with Gasteiger partial charge < -0.3 is 29.6 Å². The van der Waals surface area contributed by atoms with E-state index in [2.05, 4.69) is 59.7 Å². The quantitative estimate of drug-likeness (QED) is 0.0976. The molecule has 44 heavy (non-hydrogen) atoms. The van der Waals surface area contributed by atoms with Crippen molar-refractivity contribution in [2.45, 2.75) is 26.5 Å². The fraction of sp³-hybridized carbons (Fsp3) is 0.226. The summed E-state index contributed by atoms with van der Waals surface area (Å²) in [5, 5.41) is 9.40.